The number of esters is 1. The van der Waals surface area contributed by atoms with Crippen LogP contribution in [0.5, 0.6) is 5.88 Å². The minimum Gasteiger partial charge on any atom is -0.478 e. The maximum absolute atomic E-state index is 13.1. The summed E-state index contributed by atoms with van der Waals surface area (Å²) in [5.74, 6) is -0.0589. The predicted octanol–water partition coefficient (Wildman–Crippen LogP) is 6.45. The van der Waals surface area contributed by atoms with Gasteiger partial charge < -0.3 is 13.9 Å². The Hall–Kier alpha value is -3.22. The fraction of sp³-hybridized carbons (Fsp3) is 0.444. The Balaban J connectivity index is 1.34. The topological polar surface area (TPSA) is 78.6 Å². The first-order valence-corrected chi connectivity index (χ1v) is 12.1. The van der Waals surface area contributed by atoms with Crippen LogP contribution in [-0.4, -0.2) is 24.2 Å². The van der Waals surface area contributed by atoms with Crippen LogP contribution in [0, 0.1) is 5.82 Å². The van der Waals surface area contributed by atoms with Gasteiger partial charge in [0, 0.05) is 17.9 Å². The highest BCUT2D eigenvalue weighted by molar-refractivity contribution is 5.79. The van der Waals surface area contributed by atoms with E-state index in [1.807, 2.05) is 0 Å². The molecule has 2 aromatic heterocycles. The summed E-state index contributed by atoms with van der Waals surface area (Å²) in [6.45, 7) is 2.89. The molecule has 3 rings (SSSR count). The van der Waals surface area contributed by atoms with Crippen LogP contribution in [0.4, 0.5) is 4.39 Å². The summed E-state index contributed by atoms with van der Waals surface area (Å²) < 4.78 is 29.3. The molecule has 0 atom stereocenters. The van der Waals surface area contributed by atoms with Crippen LogP contribution in [0.25, 0.3) is 22.2 Å². The third kappa shape index (κ3) is 7.97. The number of benzene rings is 1. The standard InChI is InChI=1S/C27H32FNO5/c1-2-25(30)33-18-10-8-6-4-3-5-7-9-17-32-24-16-13-21-19-23(27(31)34-26(21)29-24)20-11-14-22(28)15-12-20/h11-16,19H,2-10,17-18H2,1H3. The Morgan fingerprint density at radius 2 is 1.56 bits per heavy atom. The maximum atomic E-state index is 13.1. The van der Waals surface area contributed by atoms with E-state index in [1.165, 1.54) is 25.0 Å². The van der Waals surface area contributed by atoms with E-state index < -0.39 is 5.63 Å². The summed E-state index contributed by atoms with van der Waals surface area (Å²) in [6, 6.07) is 11.0. The first-order chi connectivity index (χ1) is 16.6. The minimum atomic E-state index is -0.522. The van der Waals surface area contributed by atoms with Crippen LogP contribution in [0.2, 0.25) is 0 Å². The minimum absolute atomic E-state index is 0.123. The Morgan fingerprint density at radius 1 is 0.912 bits per heavy atom. The van der Waals surface area contributed by atoms with E-state index in [9.17, 15) is 14.0 Å². The van der Waals surface area contributed by atoms with Crippen molar-refractivity contribution in [2.75, 3.05) is 13.2 Å². The van der Waals surface area contributed by atoms with E-state index in [1.54, 1.807) is 37.3 Å². The van der Waals surface area contributed by atoms with Gasteiger partial charge in [0.1, 0.15) is 5.82 Å². The Kier molecular flexibility index (Phi) is 10.1. The zero-order valence-electron chi connectivity index (χ0n) is 19.7. The number of carbonyl (C=O) groups is 1. The molecular formula is C27H32FNO5. The molecule has 182 valence electrons. The summed E-state index contributed by atoms with van der Waals surface area (Å²) >= 11 is 0. The number of unbranched alkanes of at least 4 members (excludes halogenated alkanes) is 7. The quantitative estimate of drug-likeness (QED) is 0.199. The molecule has 34 heavy (non-hydrogen) atoms. The Labute approximate surface area is 199 Å². The van der Waals surface area contributed by atoms with Gasteiger partial charge in [-0.2, -0.15) is 4.98 Å². The molecule has 1 aromatic carbocycles. The van der Waals surface area contributed by atoms with Gasteiger partial charge in [-0.25, -0.2) is 9.18 Å². The molecule has 0 N–H and O–H groups in total. The SMILES string of the molecule is CCC(=O)OCCCCCCCCCCOc1ccc2cc(-c3ccc(F)cc3)c(=O)oc2n1. The molecule has 0 aliphatic rings. The van der Waals surface area contributed by atoms with Crippen molar-refractivity contribution in [3.8, 4) is 17.0 Å². The van der Waals surface area contributed by atoms with E-state index in [0.717, 1.165) is 38.5 Å². The summed E-state index contributed by atoms with van der Waals surface area (Å²) in [4.78, 5) is 27.7. The van der Waals surface area contributed by atoms with Crippen LogP contribution < -0.4 is 10.4 Å². The first-order valence-electron chi connectivity index (χ1n) is 12.1. The lowest BCUT2D eigenvalue weighted by atomic mass is 10.1. The van der Waals surface area contributed by atoms with E-state index in [4.69, 9.17) is 13.9 Å². The van der Waals surface area contributed by atoms with E-state index >= 15 is 0 Å². The van der Waals surface area contributed by atoms with Crippen LogP contribution >= 0.6 is 0 Å². The molecule has 0 amide bonds. The predicted molar refractivity (Wildman–Crippen MR) is 129 cm³/mol. The number of halogens is 1. The number of fused-ring (bicyclic) bond motifs is 1. The highest BCUT2D eigenvalue weighted by Crippen LogP contribution is 2.22. The number of hydrogen-bond acceptors (Lipinski definition) is 6. The molecule has 7 heteroatoms. The lowest BCUT2D eigenvalue weighted by Gasteiger charge is -2.07. The van der Waals surface area contributed by atoms with Crippen molar-refractivity contribution in [3.05, 3.63) is 58.7 Å². The van der Waals surface area contributed by atoms with Crippen LogP contribution in [0.15, 0.2) is 51.7 Å². The van der Waals surface area contributed by atoms with Gasteiger partial charge >= 0.3 is 11.6 Å². The Bertz CT molecular complexity index is 1110. The van der Waals surface area contributed by atoms with E-state index in [0.29, 0.717) is 42.0 Å². The third-order valence-electron chi connectivity index (χ3n) is 5.57. The molecule has 0 fully saturated rings. The zero-order chi connectivity index (χ0) is 24.2. The van der Waals surface area contributed by atoms with Crippen molar-refractivity contribution in [3.63, 3.8) is 0 Å². The highest BCUT2D eigenvalue weighted by Gasteiger charge is 2.10. The van der Waals surface area contributed by atoms with Crippen molar-refractivity contribution >= 4 is 17.1 Å². The van der Waals surface area contributed by atoms with Gasteiger partial charge in [-0.1, -0.05) is 57.6 Å². The second-order valence-electron chi connectivity index (χ2n) is 8.25. The first kappa shape index (κ1) is 25.4. The number of ether oxygens (including phenoxy) is 2. The number of aromatic nitrogens is 1. The van der Waals surface area contributed by atoms with E-state index in [-0.39, 0.29) is 17.5 Å². The van der Waals surface area contributed by atoms with Crippen LogP contribution in [-0.2, 0) is 9.53 Å². The van der Waals surface area contributed by atoms with Gasteiger partial charge in [0.15, 0.2) is 0 Å². The summed E-state index contributed by atoms with van der Waals surface area (Å²) in [5, 5.41) is 0.676. The summed E-state index contributed by atoms with van der Waals surface area (Å²) in [5.41, 5.74) is 0.654. The number of pyridine rings is 1. The fourth-order valence-electron chi connectivity index (χ4n) is 3.62. The van der Waals surface area contributed by atoms with E-state index in [2.05, 4.69) is 4.98 Å². The molecule has 0 unspecified atom stereocenters. The molecule has 0 radical (unpaired) electrons. The second-order valence-corrected chi connectivity index (χ2v) is 8.25. The molecule has 0 bridgehead atoms. The molecule has 6 nitrogen and oxygen atoms in total. The molecular weight excluding hydrogens is 437 g/mol. The van der Waals surface area contributed by atoms with Crippen LogP contribution in [0.3, 0.4) is 0 Å². The van der Waals surface area contributed by atoms with Crippen molar-refractivity contribution in [2.45, 2.75) is 64.7 Å². The lowest BCUT2D eigenvalue weighted by Crippen LogP contribution is -2.04. The Morgan fingerprint density at radius 3 is 2.24 bits per heavy atom. The largest absolute Gasteiger partial charge is 0.478 e. The summed E-state index contributed by atoms with van der Waals surface area (Å²) in [7, 11) is 0. The van der Waals surface area contributed by atoms with Gasteiger partial charge in [0.25, 0.3) is 0 Å². The maximum Gasteiger partial charge on any atom is 0.345 e. The molecule has 0 saturated heterocycles. The normalized spacial score (nSPS) is 11.0. The zero-order valence-corrected chi connectivity index (χ0v) is 19.7. The number of hydrogen-bond donors (Lipinski definition) is 0. The molecule has 0 saturated carbocycles. The third-order valence-corrected chi connectivity index (χ3v) is 5.57. The molecule has 2 heterocycles. The van der Waals surface area contributed by atoms with Crippen molar-refractivity contribution in [1.82, 2.24) is 4.98 Å². The number of nitrogens with zero attached hydrogens (tertiary/aromatic N) is 1. The van der Waals surface area contributed by atoms with Crippen molar-refractivity contribution in [1.29, 1.82) is 0 Å². The number of carbonyl (C=O) groups excluding carboxylic acids is 1. The van der Waals surface area contributed by atoms with Gasteiger partial charge in [-0.05, 0) is 42.7 Å². The van der Waals surface area contributed by atoms with Gasteiger partial charge in [0.05, 0.1) is 18.8 Å². The fourth-order valence-corrected chi connectivity index (χ4v) is 3.62. The monoisotopic (exact) mass is 469 g/mol. The lowest BCUT2D eigenvalue weighted by molar-refractivity contribution is -0.143. The molecule has 0 aliphatic carbocycles. The highest BCUT2D eigenvalue weighted by atomic mass is 19.1. The summed E-state index contributed by atoms with van der Waals surface area (Å²) in [6.07, 6.45) is 9.17. The number of rotatable bonds is 14. The molecule has 0 spiro atoms. The average molecular weight is 470 g/mol. The van der Waals surface area contributed by atoms with Gasteiger partial charge in [-0.15, -0.1) is 0 Å². The van der Waals surface area contributed by atoms with Crippen LogP contribution in [0.1, 0.15) is 64.7 Å². The van der Waals surface area contributed by atoms with Gasteiger partial charge in [-0.3, -0.25) is 4.79 Å². The van der Waals surface area contributed by atoms with Gasteiger partial charge in [0.2, 0.25) is 11.6 Å². The second kappa shape index (κ2) is 13.5. The molecule has 3 aromatic rings. The molecule has 0 aliphatic heterocycles. The van der Waals surface area contributed by atoms with Crippen molar-refractivity contribution < 1.29 is 23.1 Å². The average Bonchev–Trinajstić information content (AvgIpc) is 2.84. The smallest absolute Gasteiger partial charge is 0.345 e. The van der Waals surface area contributed by atoms with Crippen molar-refractivity contribution in [2.24, 2.45) is 0 Å².